The van der Waals surface area contributed by atoms with Crippen LogP contribution in [0.1, 0.15) is 19.8 Å². The van der Waals surface area contributed by atoms with E-state index in [1.807, 2.05) is 31.2 Å². The van der Waals surface area contributed by atoms with Crippen LogP contribution in [-0.4, -0.2) is 46.0 Å². The summed E-state index contributed by atoms with van der Waals surface area (Å²) in [6.07, 6.45) is 2.74. The fraction of sp³-hybridized carbons (Fsp3) is 0.381. The topological polar surface area (TPSA) is 75.7 Å². The van der Waals surface area contributed by atoms with Crippen molar-refractivity contribution in [1.82, 2.24) is 5.32 Å². The Bertz CT molecular complexity index is 904. The summed E-state index contributed by atoms with van der Waals surface area (Å²) in [7, 11) is -3.60. The van der Waals surface area contributed by atoms with E-state index in [1.54, 1.807) is 36.0 Å². The molecule has 0 heterocycles. The summed E-state index contributed by atoms with van der Waals surface area (Å²) in [5.41, 5.74) is 0.426. The summed E-state index contributed by atoms with van der Waals surface area (Å²) in [6.45, 7) is 2.81. The molecule has 2 aromatic carbocycles. The van der Waals surface area contributed by atoms with Gasteiger partial charge in [0.05, 0.1) is 18.6 Å². The van der Waals surface area contributed by atoms with Gasteiger partial charge in [-0.3, -0.25) is 9.10 Å². The van der Waals surface area contributed by atoms with Crippen molar-refractivity contribution in [3.8, 4) is 5.75 Å². The van der Waals surface area contributed by atoms with Crippen molar-refractivity contribution in [2.75, 3.05) is 36.0 Å². The predicted molar refractivity (Wildman–Crippen MR) is 124 cm³/mol. The maximum Gasteiger partial charge on any atom is 0.240 e. The number of amides is 1. The number of hydrogen-bond acceptors (Lipinski definition) is 5. The first kappa shape index (κ1) is 24.4. The molecule has 30 heavy (non-hydrogen) atoms. The van der Waals surface area contributed by atoms with Gasteiger partial charge in [-0.2, -0.15) is 0 Å². The van der Waals surface area contributed by atoms with E-state index in [1.165, 1.54) is 0 Å². The Balaban J connectivity index is 1.82. The smallest absolute Gasteiger partial charge is 0.240 e. The summed E-state index contributed by atoms with van der Waals surface area (Å²) in [6, 6.07) is 14.3. The van der Waals surface area contributed by atoms with Crippen LogP contribution in [0.25, 0.3) is 0 Å². The number of thioether (sulfide) groups is 1. The Hall–Kier alpha value is -1.90. The molecule has 0 saturated carbocycles. The predicted octanol–water partition coefficient (Wildman–Crippen LogP) is 4.19. The normalized spacial score (nSPS) is 11.2. The van der Waals surface area contributed by atoms with Crippen molar-refractivity contribution in [2.24, 2.45) is 0 Å². The highest BCUT2D eigenvalue weighted by molar-refractivity contribution is 7.99. The third kappa shape index (κ3) is 8.45. The molecule has 0 spiro atoms. The number of halogens is 1. The van der Waals surface area contributed by atoms with Gasteiger partial charge in [0, 0.05) is 16.5 Å². The summed E-state index contributed by atoms with van der Waals surface area (Å²) in [5.74, 6) is 1.15. The average molecular weight is 471 g/mol. The third-order valence-electron chi connectivity index (χ3n) is 4.01. The zero-order chi connectivity index (χ0) is 22.0. The molecule has 2 aromatic rings. The minimum atomic E-state index is -3.60. The van der Waals surface area contributed by atoms with Crippen molar-refractivity contribution in [2.45, 2.75) is 24.7 Å². The molecule has 0 radical (unpaired) electrons. The fourth-order valence-electron chi connectivity index (χ4n) is 2.54. The van der Waals surface area contributed by atoms with Gasteiger partial charge in [-0.1, -0.05) is 18.5 Å². The Morgan fingerprint density at radius 3 is 2.40 bits per heavy atom. The zero-order valence-corrected chi connectivity index (χ0v) is 19.5. The van der Waals surface area contributed by atoms with Crippen molar-refractivity contribution in [1.29, 1.82) is 0 Å². The van der Waals surface area contributed by atoms with E-state index in [9.17, 15) is 13.2 Å². The molecule has 0 aliphatic rings. The lowest BCUT2D eigenvalue weighted by atomic mass is 10.3. The highest BCUT2D eigenvalue weighted by Gasteiger charge is 2.20. The molecular formula is C21H27ClN2O4S2. The van der Waals surface area contributed by atoms with Crippen LogP contribution in [-0.2, 0) is 14.8 Å². The number of benzene rings is 2. The van der Waals surface area contributed by atoms with E-state index in [2.05, 4.69) is 5.32 Å². The van der Waals surface area contributed by atoms with E-state index in [0.717, 1.165) is 34.1 Å². The Morgan fingerprint density at radius 2 is 1.80 bits per heavy atom. The van der Waals surface area contributed by atoms with Crippen LogP contribution in [0.3, 0.4) is 0 Å². The molecule has 0 aliphatic carbocycles. The number of ether oxygens (including phenoxy) is 1. The van der Waals surface area contributed by atoms with Crippen LogP contribution in [0.15, 0.2) is 53.4 Å². The van der Waals surface area contributed by atoms with Gasteiger partial charge in [0.25, 0.3) is 0 Å². The molecule has 0 bridgehead atoms. The highest BCUT2D eigenvalue weighted by Crippen LogP contribution is 2.22. The minimum Gasteiger partial charge on any atom is -0.494 e. The quantitative estimate of drug-likeness (QED) is 0.371. The van der Waals surface area contributed by atoms with E-state index in [4.69, 9.17) is 16.3 Å². The first-order valence-corrected chi connectivity index (χ1v) is 12.9. The number of anilines is 1. The number of rotatable bonds is 12. The summed E-state index contributed by atoms with van der Waals surface area (Å²) in [5, 5.41) is 3.48. The lowest BCUT2D eigenvalue weighted by molar-refractivity contribution is -0.119. The second-order valence-electron chi connectivity index (χ2n) is 6.62. The molecule has 164 valence electrons. The standard InChI is InChI=1S/C21H27ClN2O4S2/c1-3-14-28-19-9-7-18(8-10-19)24(30(2,26)27)16-21(25)23-13-4-15-29-20-11-5-17(22)6-12-20/h5-12H,3-4,13-16H2,1-2H3,(H,23,25). The van der Waals surface area contributed by atoms with Crippen LogP contribution in [0.2, 0.25) is 5.02 Å². The first-order valence-electron chi connectivity index (χ1n) is 9.65. The first-order chi connectivity index (χ1) is 14.3. The van der Waals surface area contributed by atoms with Gasteiger partial charge < -0.3 is 10.1 Å². The maximum atomic E-state index is 12.3. The molecule has 0 unspecified atom stereocenters. The van der Waals surface area contributed by atoms with E-state index < -0.39 is 10.0 Å². The van der Waals surface area contributed by atoms with Crippen LogP contribution < -0.4 is 14.4 Å². The fourth-order valence-corrected chi connectivity index (χ4v) is 4.37. The molecule has 2 rings (SSSR count). The Morgan fingerprint density at radius 1 is 1.13 bits per heavy atom. The molecule has 0 saturated heterocycles. The number of nitrogens with one attached hydrogen (secondary N) is 1. The third-order valence-corrected chi connectivity index (χ3v) is 6.50. The Kier molecular flexibility index (Phi) is 9.81. The Labute approximate surface area is 188 Å². The van der Waals surface area contributed by atoms with Crippen molar-refractivity contribution in [3.05, 3.63) is 53.6 Å². The van der Waals surface area contributed by atoms with E-state index in [-0.39, 0.29) is 12.5 Å². The number of nitrogens with zero attached hydrogens (tertiary/aromatic N) is 1. The van der Waals surface area contributed by atoms with Gasteiger partial charge in [-0.15, -0.1) is 11.8 Å². The van der Waals surface area contributed by atoms with Crippen LogP contribution in [0.5, 0.6) is 5.75 Å². The van der Waals surface area contributed by atoms with Crippen LogP contribution >= 0.6 is 23.4 Å². The second kappa shape index (κ2) is 12.1. The minimum absolute atomic E-state index is 0.266. The van der Waals surface area contributed by atoms with Gasteiger partial charge in [0.1, 0.15) is 12.3 Å². The van der Waals surface area contributed by atoms with Gasteiger partial charge in [0.15, 0.2) is 0 Å². The number of sulfonamides is 1. The van der Waals surface area contributed by atoms with Gasteiger partial charge in [-0.25, -0.2) is 8.42 Å². The molecule has 9 heteroatoms. The molecule has 1 amide bonds. The molecular weight excluding hydrogens is 444 g/mol. The molecule has 0 aliphatic heterocycles. The number of hydrogen-bond donors (Lipinski definition) is 1. The molecule has 1 N–H and O–H groups in total. The van der Waals surface area contributed by atoms with Gasteiger partial charge in [0.2, 0.25) is 15.9 Å². The van der Waals surface area contributed by atoms with Crippen molar-refractivity contribution >= 4 is 45.0 Å². The number of carbonyl (C=O) groups is 1. The van der Waals surface area contributed by atoms with E-state index >= 15 is 0 Å². The monoisotopic (exact) mass is 470 g/mol. The molecule has 6 nitrogen and oxygen atoms in total. The summed E-state index contributed by atoms with van der Waals surface area (Å²) >= 11 is 7.54. The molecule has 0 atom stereocenters. The second-order valence-corrected chi connectivity index (χ2v) is 10.1. The lowest BCUT2D eigenvalue weighted by Gasteiger charge is -2.22. The van der Waals surface area contributed by atoms with Gasteiger partial charge >= 0.3 is 0 Å². The van der Waals surface area contributed by atoms with Crippen molar-refractivity contribution < 1.29 is 17.9 Å². The van der Waals surface area contributed by atoms with Gasteiger partial charge in [-0.05, 0) is 67.1 Å². The summed E-state index contributed by atoms with van der Waals surface area (Å²) < 4.78 is 31.0. The largest absolute Gasteiger partial charge is 0.494 e. The highest BCUT2D eigenvalue weighted by atomic mass is 35.5. The summed E-state index contributed by atoms with van der Waals surface area (Å²) in [4.78, 5) is 13.4. The lowest BCUT2D eigenvalue weighted by Crippen LogP contribution is -2.40. The SMILES string of the molecule is CCCOc1ccc(N(CC(=O)NCCCSc2ccc(Cl)cc2)S(C)(=O)=O)cc1. The maximum absolute atomic E-state index is 12.3. The number of carbonyl (C=O) groups excluding carboxylic acids is 1. The van der Waals surface area contributed by atoms with Crippen LogP contribution in [0, 0.1) is 0 Å². The average Bonchev–Trinajstić information content (AvgIpc) is 2.71. The van der Waals surface area contributed by atoms with Crippen molar-refractivity contribution in [3.63, 3.8) is 0 Å². The zero-order valence-electron chi connectivity index (χ0n) is 17.1. The molecule has 0 aromatic heterocycles. The van der Waals surface area contributed by atoms with Crippen LogP contribution in [0.4, 0.5) is 5.69 Å². The molecule has 0 fully saturated rings. The van der Waals surface area contributed by atoms with E-state index in [0.29, 0.717) is 29.6 Å².